The third kappa shape index (κ3) is 5.29. The number of unbranched alkanes of at least 4 members (excludes halogenated alkanes) is 1. The molecule has 0 bridgehead atoms. The van der Waals surface area contributed by atoms with E-state index in [0.29, 0.717) is 0 Å². The Morgan fingerprint density at radius 3 is 2.50 bits per heavy atom. The van der Waals surface area contributed by atoms with Gasteiger partial charge < -0.3 is 5.73 Å². The van der Waals surface area contributed by atoms with Crippen LogP contribution in [0.1, 0.15) is 32.3 Å². The maximum absolute atomic E-state index is 5.88. The SMILES string of the molecule is CCCCN(Cc1ccccc1)CC(C)N. The Morgan fingerprint density at radius 2 is 1.94 bits per heavy atom. The second kappa shape index (κ2) is 7.42. The van der Waals surface area contributed by atoms with E-state index in [4.69, 9.17) is 5.73 Å². The molecule has 2 heteroatoms. The van der Waals surface area contributed by atoms with E-state index in [1.807, 2.05) is 0 Å². The zero-order valence-electron chi connectivity index (χ0n) is 10.5. The molecule has 1 unspecified atom stereocenters. The van der Waals surface area contributed by atoms with Crippen LogP contribution in [0.5, 0.6) is 0 Å². The number of nitrogens with zero attached hydrogens (tertiary/aromatic N) is 1. The van der Waals surface area contributed by atoms with Crippen LogP contribution in [0.3, 0.4) is 0 Å². The Hall–Kier alpha value is -0.860. The monoisotopic (exact) mass is 220 g/mol. The van der Waals surface area contributed by atoms with E-state index < -0.39 is 0 Å². The Bertz CT molecular complexity index is 269. The van der Waals surface area contributed by atoms with Gasteiger partial charge in [-0.3, -0.25) is 4.90 Å². The van der Waals surface area contributed by atoms with E-state index >= 15 is 0 Å². The smallest absolute Gasteiger partial charge is 0.0234 e. The predicted molar refractivity (Wildman–Crippen MR) is 70.3 cm³/mol. The molecular weight excluding hydrogens is 196 g/mol. The van der Waals surface area contributed by atoms with Crippen molar-refractivity contribution in [3.8, 4) is 0 Å². The molecule has 2 nitrogen and oxygen atoms in total. The van der Waals surface area contributed by atoms with Gasteiger partial charge in [-0.1, -0.05) is 43.7 Å². The van der Waals surface area contributed by atoms with Gasteiger partial charge in [-0.05, 0) is 25.5 Å². The van der Waals surface area contributed by atoms with E-state index in [2.05, 4.69) is 49.1 Å². The van der Waals surface area contributed by atoms with Crippen LogP contribution >= 0.6 is 0 Å². The van der Waals surface area contributed by atoms with E-state index in [9.17, 15) is 0 Å². The molecule has 0 amide bonds. The standard InChI is InChI=1S/C14H24N2/c1-3-4-10-16(11-13(2)15)12-14-8-6-5-7-9-14/h5-9,13H,3-4,10-12,15H2,1-2H3. The van der Waals surface area contributed by atoms with Crippen molar-refractivity contribution in [3.05, 3.63) is 35.9 Å². The van der Waals surface area contributed by atoms with Crippen molar-refractivity contribution in [2.45, 2.75) is 39.3 Å². The summed E-state index contributed by atoms with van der Waals surface area (Å²) in [5.41, 5.74) is 7.25. The van der Waals surface area contributed by atoms with Gasteiger partial charge >= 0.3 is 0 Å². The lowest BCUT2D eigenvalue weighted by Crippen LogP contribution is -2.35. The van der Waals surface area contributed by atoms with Crippen molar-refractivity contribution in [1.82, 2.24) is 4.90 Å². The number of hydrogen-bond donors (Lipinski definition) is 1. The normalized spacial score (nSPS) is 13.0. The number of hydrogen-bond acceptors (Lipinski definition) is 2. The first-order valence-electron chi connectivity index (χ1n) is 6.24. The molecule has 1 atom stereocenters. The first kappa shape index (κ1) is 13.2. The molecule has 0 aliphatic carbocycles. The van der Waals surface area contributed by atoms with Gasteiger partial charge in [-0.2, -0.15) is 0 Å². The lowest BCUT2D eigenvalue weighted by molar-refractivity contribution is 0.249. The van der Waals surface area contributed by atoms with Crippen molar-refractivity contribution in [1.29, 1.82) is 0 Å². The van der Waals surface area contributed by atoms with Crippen LogP contribution in [0.2, 0.25) is 0 Å². The molecule has 0 heterocycles. The molecule has 1 aromatic carbocycles. The summed E-state index contributed by atoms with van der Waals surface area (Å²) in [6, 6.07) is 10.9. The highest BCUT2D eigenvalue weighted by atomic mass is 15.1. The third-order valence-electron chi connectivity index (χ3n) is 2.62. The average molecular weight is 220 g/mol. The lowest BCUT2D eigenvalue weighted by Gasteiger charge is -2.24. The molecule has 0 saturated carbocycles. The molecule has 0 fully saturated rings. The predicted octanol–water partition coefficient (Wildman–Crippen LogP) is 2.64. The average Bonchev–Trinajstić information content (AvgIpc) is 2.26. The molecular formula is C14H24N2. The molecule has 1 aromatic rings. The Labute approximate surface area is 99.5 Å². The summed E-state index contributed by atoms with van der Waals surface area (Å²) in [7, 11) is 0. The molecule has 90 valence electrons. The van der Waals surface area contributed by atoms with Gasteiger partial charge in [0.05, 0.1) is 0 Å². The van der Waals surface area contributed by atoms with Gasteiger partial charge in [0, 0.05) is 19.1 Å². The van der Waals surface area contributed by atoms with Crippen molar-refractivity contribution in [2.24, 2.45) is 5.73 Å². The van der Waals surface area contributed by atoms with Crippen molar-refractivity contribution < 1.29 is 0 Å². The molecule has 0 aliphatic heterocycles. The minimum absolute atomic E-state index is 0.251. The molecule has 16 heavy (non-hydrogen) atoms. The van der Waals surface area contributed by atoms with Gasteiger partial charge in [0.15, 0.2) is 0 Å². The van der Waals surface area contributed by atoms with Crippen LogP contribution in [0.15, 0.2) is 30.3 Å². The fourth-order valence-corrected chi connectivity index (χ4v) is 1.87. The van der Waals surface area contributed by atoms with Crippen molar-refractivity contribution >= 4 is 0 Å². The minimum Gasteiger partial charge on any atom is -0.327 e. The molecule has 0 spiro atoms. The van der Waals surface area contributed by atoms with Crippen molar-refractivity contribution in [2.75, 3.05) is 13.1 Å². The summed E-state index contributed by atoms with van der Waals surface area (Å²) in [4.78, 5) is 2.45. The van der Waals surface area contributed by atoms with E-state index in [1.165, 1.54) is 18.4 Å². The van der Waals surface area contributed by atoms with E-state index in [-0.39, 0.29) is 6.04 Å². The van der Waals surface area contributed by atoms with Crippen LogP contribution in [0, 0.1) is 0 Å². The van der Waals surface area contributed by atoms with Gasteiger partial charge in [-0.15, -0.1) is 0 Å². The highest BCUT2D eigenvalue weighted by Crippen LogP contribution is 2.06. The molecule has 0 aromatic heterocycles. The Kier molecular flexibility index (Phi) is 6.12. The first-order chi connectivity index (χ1) is 7.72. The van der Waals surface area contributed by atoms with Crippen LogP contribution in [-0.4, -0.2) is 24.0 Å². The van der Waals surface area contributed by atoms with Gasteiger partial charge in [0.25, 0.3) is 0 Å². The topological polar surface area (TPSA) is 29.3 Å². The molecule has 0 radical (unpaired) electrons. The minimum atomic E-state index is 0.251. The molecule has 1 rings (SSSR count). The van der Waals surface area contributed by atoms with Gasteiger partial charge in [-0.25, -0.2) is 0 Å². The zero-order chi connectivity index (χ0) is 11.8. The maximum Gasteiger partial charge on any atom is 0.0234 e. The third-order valence-corrected chi connectivity index (χ3v) is 2.62. The second-order valence-electron chi connectivity index (χ2n) is 4.55. The molecule has 2 N–H and O–H groups in total. The fourth-order valence-electron chi connectivity index (χ4n) is 1.87. The van der Waals surface area contributed by atoms with E-state index in [0.717, 1.165) is 19.6 Å². The number of nitrogens with two attached hydrogens (primary N) is 1. The summed E-state index contributed by atoms with van der Waals surface area (Å²) in [6.07, 6.45) is 2.49. The maximum atomic E-state index is 5.88. The first-order valence-corrected chi connectivity index (χ1v) is 6.24. The van der Waals surface area contributed by atoms with Gasteiger partial charge in [0.2, 0.25) is 0 Å². The van der Waals surface area contributed by atoms with Crippen LogP contribution < -0.4 is 5.73 Å². The second-order valence-corrected chi connectivity index (χ2v) is 4.55. The molecule has 0 aliphatic rings. The lowest BCUT2D eigenvalue weighted by atomic mass is 10.2. The number of rotatable bonds is 7. The highest BCUT2D eigenvalue weighted by Gasteiger charge is 2.07. The van der Waals surface area contributed by atoms with Gasteiger partial charge in [0.1, 0.15) is 0 Å². The zero-order valence-corrected chi connectivity index (χ0v) is 10.5. The van der Waals surface area contributed by atoms with Crippen molar-refractivity contribution in [3.63, 3.8) is 0 Å². The van der Waals surface area contributed by atoms with E-state index in [1.54, 1.807) is 0 Å². The van der Waals surface area contributed by atoms with Crippen LogP contribution in [0.4, 0.5) is 0 Å². The summed E-state index contributed by atoms with van der Waals surface area (Å²) in [5, 5.41) is 0. The van der Waals surface area contributed by atoms with Crippen LogP contribution in [0.25, 0.3) is 0 Å². The summed E-state index contributed by atoms with van der Waals surface area (Å²) in [6.45, 7) is 7.45. The quantitative estimate of drug-likeness (QED) is 0.765. The highest BCUT2D eigenvalue weighted by molar-refractivity contribution is 5.14. The summed E-state index contributed by atoms with van der Waals surface area (Å²) < 4.78 is 0. The molecule has 0 saturated heterocycles. The summed E-state index contributed by atoms with van der Waals surface area (Å²) >= 11 is 0. The Morgan fingerprint density at radius 1 is 1.25 bits per heavy atom. The van der Waals surface area contributed by atoms with Crippen LogP contribution in [-0.2, 0) is 6.54 Å². The fraction of sp³-hybridized carbons (Fsp3) is 0.571. The largest absolute Gasteiger partial charge is 0.327 e. The summed E-state index contributed by atoms with van der Waals surface area (Å²) in [5.74, 6) is 0. The number of benzene rings is 1. The Balaban J connectivity index is 2.49.